The van der Waals surface area contributed by atoms with Gasteiger partial charge in [0.15, 0.2) is 0 Å². The first-order valence-electron chi connectivity index (χ1n) is 5.67. The summed E-state index contributed by atoms with van der Waals surface area (Å²) in [6.07, 6.45) is 0. The molecule has 0 fully saturated rings. The van der Waals surface area contributed by atoms with Crippen LogP contribution in [0.15, 0.2) is 18.2 Å². The van der Waals surface area contributed by atoms with Crippen molar-refractivity contribution in [3.05, 3.63) is 34.5 Å². The maximum Gasteiger partial charge on any atom is 0.133 e. The van der Waals surface area contributed by atoms with Crippen molar-refractivity contribution in [2.75, 3.05) is 7.11 Å². The van der Waals surface area contributed by atoms with Gasteiger partial charge in [-0.25, -0.2) is 4.98 Å². The molecule has 0 aliphatic heterocycles. The summed E-state index contributed by atoms with van der Waals surface area (Å²) in [4.78, 5) is 4.48. The van der Waals surface area contributed by atoms with Gasteiger partial charge in [-0.2, -0.15) is 0 Å². The average Bonchev–Trinajstić information content (AvgIpc) is 2.28. The van der Waals surface area contributed by atoms with Crippen LogP contribution in [0.1, 0.15) is 30.9 Å². The van der Waals surface area contributed by atoms with Crippen LogP contribution in [0.4, 0.5) is 0 Å². The number of hydrogen-bond donors (Lipinski definition) is 0. The standard InChI is InChI=1S/C14H16ClNO/c1-8(2)12-7-10-6-11(17-4)5-9(3)13(10)16-14(12)15/h5-8H,1-4H3. The Morgan fingerprint density at radius 1 is 1.24 bits per heavy atom. The van der Waals surface area contributed by atoms with Crippen molar-refractivity contribution in [1.82, 2.24) is 4.98 Å². The third kappa shape index (κ3) is 2.22. The second kappa shape index (κ2) is 4.53. The average molecular weight is 250 g/mol. The molecule has 3 heteroatoms. The number of benzene rings is 1. The van der Waals surface area contributed by atoms with Crippen molar-refractivity contribution >= 4 is 22.5 Å². The van der Waals surface area contributed by atoms with Crippen molar-refractivity contribution in [1.29, 1.82) is 0 Å². The topological polar surface area (TPSA) is 22.1 Å². The normalized spacial score (nSPS) is 11.2. The zero-order valence-corrected chi connectivity index (χ0v) is 11.3. The van der Waals surface area contributed by atoms with Gasteiger partial charge < -0.3 is 4.74 Å². The van der Waals surface area contributed by atoms with Gasteiger partial charge in [-0.3, -0.25) is 0 Å². The summed E-state index contributed by atoms with van der Waals surface area (Å²) >= 11 is 6.20. The number of methoxy groups -OCH3 is 1. The van der Waals surface area contributed by atoms with E-state index in [-0.39, 0.29) is 0 Å². The molecule has 0 N–H and O–H groups in total. The molecule has 2 rings (SSSR count). The molecule has 0 amide bonds. The van der Waals surface area contributed by atoms with Gasteiger partial charge in [0.05, 0.1) is 12.6 Å². The molecule has 17 heavy (non-hydrogen) atoms. The van der Waals surface area contributed by atoms with Crippen LogP contribution in [0.25, 0.3) is 10.9 Å². The van der Waals surface area contributed by atoms with Gasteiger partial charge in [0.25, 0.3) is 0 Å². The fourth-order valence-corrected chi connectivity index (χ4v) is 2.31. The van der Waals surface area contributed by atoms with E-state index in [1.54, 1.807) is 7.11 Å². The Kier molecular flexibility index (Phi) is 3.25. The molecule has 90 valence electrons. The number of pyridine rings is 1. The monoisotopic (exact) mass is 249 g/mol. The molecular weight excluding hydrogens is 234 g/mol. The number of hydrogen-bond acceptors (Lipinski definition) is 2. The van der Waals surface area contributed by atoms with Gasteiger partial charge in [-0.05, 0) is 42.2 Å². The smallest absolute Gasteiger partial charge is 0.133 e. The second-order valence-corrected chi connectivity index (χ2v) is 4.90. The molecule has 0 aliphatic rings. The van der Waals surface area contributed by atoms with Gasteiger partial charge in [0.2, 0.25) is 0 Å². The predicted molar refractivity (Wildman–Crippen MR) is 72.1 cm³/mol. The fourth-order valence-electron chi connectivity index (χ4n) is 1.95. The highest BCUT2D eigenvalue weighted by Crippen LogP contribution is 2.30. The maximum absolute atomic E-state index is 6.20. The number of fused-ring (bicyclic) bond motifs is 1. The van der Waals surface area contributed by atoms with Crippen molar-refractivity contribution in [3.8, 4) is 5.75 Å². The molecule has 0 atom stereocenters. The Hall–Kier alpha value is -1.28. The number of nitrogens with zero attached hydrogens (tertiary/aromatic N) is 1. The highest BCUT2D eigenvalue weighted by atomic mass is 35.5. The maximum atomic E-state index is 6.20. The van der Waals surface area contributed by atoms with E-state index < -0.39 is 0 Å². The van der Waals surface area contributed by atoms with E-state index in [1.165, 1.54) is 0 Å². The lowest BCUT2D eigenvalue weighted by molar-refractivity contribution is 0.415. The lowest BCUT2D eigenvalue weighted by atomic mass is 10.0. The van der Waals surface area contributed by atoms with Crippen molar-refractivity contribution in [2.45, 2.75) is 26.7 Å². The Bertz CT molecular complexity index is 564. The van der Waals surface area contributed by atoms with Crippen LogP contribution in [-0.2, 0) is 0 Å². The van der Waals surface area contributed by atoms with Gasteiger partial charge in [-0.1, -0.05) is 25.4 Å². The van der Waals surface area contributed by atoms with Crippen molar-refractivity contribution < 1.29 is 4.74 Å². The summed E-state index contributed by atoms with van der Waals surface area (Å²) in [5.41, 5.74) is 3.10. The van der Waals surface area contributed by atoms with Gasteiger partial charge in [0.1, 0.15) is 10.9 Å². The van der Waals surface area contributed by atoms with E-state index in [0.29, 0.717) is 11.1 Å². The summed E-state index contributed by atoms with van der Waals surface area (Å²) < 4.78 is 5.27. The minimum absolute atomic E-state index is 0.367. The van der Waals surface area contributed by atoms with Crippen LogP contribution in [-0.4, -0.2) is 12.1 Å². The Balaban J connectivity index is 2.74. The predicted octanol–water partition coefficient (Wildman–Crippen LogP) is 4.33. The molecule has 1 heterocycles. The van der Waals surface area contributed by atoms with Crippen molar-refractivity contribution in [2.24, 2.45) is 0 Å². The van der Waals surface area contributed by atoms with Crippen molar-refractivity contribution in [3.63, 3.8) is 0 Å². The third-order valence-corrected chi connectivity index (χ3v) is 3.22. The first kappa shape index (κ1) is 12.2. The number of rotatable bonds is 2. The van der Waals surface area contributed by atoms with E-state index >= 15 is 0 Å². The van der Waals surface area contributed by atoms with E-state index in [4.69, 9.17) is 16.3 Å². The molecule has 2 aromatic rings. The second-order valence-electron chi connectivity index (χ2n) is 4.54. The Labute approximate surface area is 107 Å². The zero-order chi connectivity index (χ0) is 12.6. The van der Waals surface area contributed by atoms with Gasteiger partial charge >= 0.3 is 0 Å². The minimum Gasteiger partial charge on any atom is -0.497 e. The molecule has 1 aromatic heterocycles. The first-order chi connectivity index (χ1) is 8.02. The van der Waals surface area contributed by atoms with Gasteiger partial charge in [-0.15, -0.1) is 0 Å². The fraction of sp³-hybridized carbons (Fsp3) is 0.357. The molecule has 0 spiro atoms. The Morgan fingerprint density at radius 2 is 1.94 bits per heavy atom. The summed E-state index contributed by atoms with van der Waals surface area (Å²) in [5.74, 6) is 1.22. The van der Waals surface area contributed by atoms with Crippen LogP contribution in [0.2, 0.25) is 5.15 Å². The summed E-state index contributed by atoms with van der Waals surface area (Å²) in [6.45, 7) is 6.24. The van der Waals surface area contributed by atoms with E-state index in [1.807, 2.05) is 19.1 Å². The van der Waals surface area contributed by atoms with Crippen LogP contribution in [0.3, 0.4) is 0 Å². The SMILES string of the molecule is COc1cc(C)c2nc(Cl)c(C(C)C)cc2c1. The molecular formula is C14H16ClNO. The highest BCUT2D eigenvalue weighted by Gasteiger charge is 2.10. The minimum atomic E-state index is 0.367. The number of aryl methyl sites for hydroxylation is 1. The molecule has 0 saturated carbocycles. The first-order valence-corrected chi connectivity index (χ1v) is 6.05. The van der Waals surface area contributed by atoms with Crippen LogP contribution < -0.4 is 4.74 Å². The van der Waals surface area contributed by atoms with Crippen LogP contribution >= 0.6 is 11.6 Å². The number of halogens is 1. The number of aromatic nitrogens is 1. The molecule has 0 unspecified atom stereocenters. The largest absolute Gasteiger partial charge is 0.497 e. The van der Waals surface area contributed by atoms with Crippen LogP contribution in [0.5, 0.6) is 5.75 Å². The van der Waals surface area contributed by atoms with E-state index in [9.17, 15) is 0 Å². The summed E-state index contributed by atoms with van der Waals surface area (Å²) in [7, 11) is 1.67. The molecule has 0 bridgehead atoms. The molecule has 2 nitrogen and oxygen atoms in total. The third-order valence-electron chi connectivity index (χ3n) is 2.92. The van der Waals surface area contributed by atoms with E-state index in [2.05, 4.69) is 24.9 Å². The zero-order valence-electron chi connectivity index (χ0n) is 10.5. The molecule has 0 aliphatic carbocycles. The van der Waals surface area contributed by atoms with E-state index in [0.717, 1.165) is 27.8 Å². The lowest BCUT2D eigenvalue weighted by Gasteiger charge is -2.11. The van der Waals surface area contributed by atoms with Crippen LogP contribution in [0, 0.1) is 6.92 Å². The quantitative estimate of drug-likeness (QED) is 0.739. The summed E-state index contributed by atoms with van der Waals surface area (Å²) in [5, 5.41) is 1.68. The lowest BCUT2D eigenvalue weighted by Crippen LogP contribution is -1.95. The highest BCUT2D eigenvalue weighted by molar-refractivity contribution is 6.30. The summed E-state index contributed by atoms with van der Waals surface area (Å²) in [6, 6.07) is 6.07. The molecule has 0 saturated heterocycles. The number of ether oxygens (including phenoxy) is 1. The Morgan fingerprint density at radius 3 is 2.53 bits per heavy atom. The van der Waals surface area contributed by atoms with Gasteiger partial charge in [0, 0.05) is 5.39 Å². The molecule has 0 radical (unpaired) electrons. The molecule has 1 aromatic carbocycles.